The standard InChI is InChI=1S/C15H10F4O/c1-7-4-6-10(16)11(12(7)17)15(20)9-5-3-8(2)13(18)14(9)19/h3-6H,1-2H3. The van der Waals surface area contributed by atoms with Gasteiger partial charge in [-0.25, -0.2) is 17.6 Å². The molecule has 0 spiro atoms. The molecule has 2 aromatic rings. The summed E-state index contributed by atoms with van der Waals surface area (Å²) in [5, 5.41) is 0. The molecule has 0 radical (unpaired) electrons. The average molecular weight is 282 g/mol. The molecule has 0 amide bonds. The molecule has 1 nitrogen and oxygen atoms in total. The molecule has 0 saturated heterocycles. The van der Waals surface area contributed by atoms with Crippen molar-refractivity contribution in [2.45, 2.75) is 13.8 Å². The van der Waals surface area contributed by atoms with E-state index in [1.54, 1.807) is 0 Å². The Morgan fingerprint density at radius 2 is 1.35 bits per heavy atom. The molecule has 0 heterocycles. The van der Waals surface area contributed by atoms with Crippen molar-refractivity contribution in [3.05, 3.63) is 69.8 Å². The average Bonchev–Trinajstić information content (AvgIpc) is 2.41. The van der Waals surface area contributed by atoms with Gasteiger partial charge in [-0.05, 0) is 37.1 Å². The van der Waals surface area contributed by atoms with Gasteiger partial charge in [0.1, 0.15) is 11.6 Å². The van der Waals surface area contributed by atoms with Gasteiger partial charge in [0.05, 0.1) is 11.1 Å². The van der Waals surface area contributed by atoms with Crippen LogP contribution in [0, 0.1) is 37.1 Å². The summed E-state index contributed by atoms with van der Waals surface area (Å²) in [5.74, 6) is -6.02. The van der Waals surface area contributed by atoms with E-state index >= 15 is 0 Å². The summed E-state index contributed by atoms with van der Waals surface area (Å²) in [7, 11) is 0. The van der Waals surface area contributed by atoms with E-state index in [4.69, 9.17) is 0 Å². The summed E-state index contributed by atoms with van der Waals surface area (Å²) >= 11 is 0. The van der Waals surface area contributed by atoms with E-state index in [0.717, 1.165) is 18.2 Å². The Kier molecular flexibility index (Phi) is 3.61. The molecule has 2 aromatic carbocycles. The molecule has 0 atom stereocenters. The lowest BCUT2D eigenvalue weighted by atomic mass is 9.98. The first kappa shape index (κ1) is 14.2. The van der Waals surface area contributed by atoms with E-state index < -0.39 is 40.2 Å². The van der Waals surface area contributed by atoms with Crippen molar-refractivity contribution >= 4 is 5.78 Å². The van der Waals surface area contributed by atoms with Crippen LogP contribution in [0.1, 0.15) is 27.0 Å². The molecule has 0 N–H and O–H groups in total. The lowest BCUT2D eigenvalue weighted by Crippen LogP contribution is -2.12. The molecule has 0 aliphatic heterocycles. The van der Waals surface area contributed by atoms with Crippen molar-refractivity contribution in [3.63, 3.8) is 0 Å². The highest BCUT2D eigenvalue weighted by molar-refractivity contribution is 6.09. The molecular weight excluding hydrogens is 272 g/mol. The van der Waals surface area contributed by atoms with E-state index in [0.29, 0.717) is 0 Å². The number of hydrogen-bond acceptors (Lipinski definition) is 1. The lowest BCUT2D eigenvalue weighted by Gasteiger charge is -2.08. The van der Waals surface area contributed by atoms with Crippen molar-refractivity contribution in [2.24, 2.45) is 0 Å². The third-order valence-electron chi connectivity index (χ3n) is 3.03. The maximum atomic E-state index is 13.8. The first-order chi connectivity index (χ1) is 9.34. The monoisotopic (exact) mass is 282 g/mol. The number of aryl methyl sites for hydroxylation is 2. The number of carbonyl (C=O) groups excluding carboxylic acids is 1. The van der Waals surface area contributed by atoms with E-state index in [2.05, 4.69) is 0 Å². The van der Waals surface area contributed by atoms with Gasteiger partial charge >= 0.3 is 0 Å². The van der Waals surface area contributed by atoms with Crippen LogP contribution >= 0.6 is 0 Å². The van der Waals surface area contributed by atoms with E-state index in [9.17, 15) is 22.4 Å². The molecule has 0 unspecified atom stereocenters. The second kappa shape index (κ2) is 5.07. The molecule has 0 aliphatic rings. The molecule has 0 aliphatic carbocycles. The van der Waals surface area contributed by atoms with Crippen LogP contribution in [0.25, 0.3) is 0 Å². The van der Waals surface area contributed by atoms with Crippen LogP contribution in [0.15, 0.2) is 24.3 Å². The van der Waals surface area contributed by atoms with Gasteiger partial charge in [-0.3, -0.25) is 4.79 Å². The highest BCUT2D eigenvalue weighted by atomic mass is 19.2. The Labute approximate surface area is 112 Å². The van der Waals surface area contributed by atoms with Crippen LogP contribution in [-0.2, 0) is 0 Å². The quantitative estimate of drug-likeness (QED) is 0.599. The smallest absolute Gasteiger partial charge is 0.202 e. The minimum Gasteiger partial charge on any atom is -0.288 e. The molecular formula is C15H10F4O. The highest BCUT2D eigenvalue weighted by Crippen LogP contribution is 2.23. The van der Waals surface area contributed by atoms with E-state index in [1.807, 2.05) is 0 Å². The van der Waals surface area contributed by atoms with Crippen LogP contribution in [0.5, 0.6) is 0 Å². The fourth-order valence-corrected chi connectivity index (χ4v) is 1.82. The maximum Gasteiger partial charge on any atom is 0.202 e. The van der Waals surface area contributed by atoms with Crippen molar-refractivity contribution in [1.82, 2.24) is 0 Å². The minimum absolute atomic E-state index is 0.00392. The second-order valence-corrected chi connectivity index (χ2v) is 4.44. The van der Waals surface area contributed by atoms with Crippen LogP contribution in [-0.4, -0.2) is 5.78 Å². The Hall–Kier alpha value is -2.17. The van der Waals surface area contributed by atoms with Gasteiger partial charge in [-0.2, -0.15) is 0 Å². The van der Waals surface area contributed by atoms with Crippen LogP contribution in [0.4, 0.5) is 17.6 Å². The largest absolute Gasteiger partial charge is 0.288 e. The summed E-state index contributed by atoms with van der Waals surface area (Å²) in [6.45, 7) is 2.66. The van der Waals surface area contributed by atoms with Gasteiger partial charge in [0.15, 0.2) is 11.6 Å². The molecule has 0 fully saturated rings. The number of benzene rings is 2. The molecule has 104 valence electrons. The number of rotatable bonds is 2. The van der Waals surface area contributed by atoms with Crippen molar-refractivity contribution in [1.29, 1.82) is 0 Å². The summed E-state index contributed by atoms with van der Waals surface area (Å²) in [6, 6.07) is 4.26. The summed E-state index contributed by atoms with van der Waals surface area (Å²) in [6.07, 6.45) is 0. The predicted octanol–water partition coefficient (Wildman–Crippen LogP) is 4.09. The first-order valence-electron chi connectivity index (χ1n) is 5.78. The second-order valence-electron chi connectivity index (χ2n) is 4.44. The van der Waals surface area contributed by atoms with Gasteiger partial charge in [0, 0.05) is 0 Å². The van der Waals surface area contributed by atoms with Crippen molar-refractivity contribution in [3.8, 4) is 0 Å². The summed E-state index contributed by atoms with van der Waals surface area (Å²) in [5.41, 5.74) is -1.53. The lowest BCUT2D eigenvalue weighted by molar-refractivity contribution is 0.102. The number of carbonyl (C=O) groups is 1. The van der Waals surface area contributed by atoms with Crippen LogP contribution < -0.4 is 0 Å². The Morgan fingerprint density at radius 3 is 2.00 bits per heavy atom. The van der Waals surface area contributed by atoms with E-state index in [1.165, 1.54) is 19.9 Å². The van der Waals surface area contributed by atoms with E-state index in [-0.39, 0.29) is 11.1 Å². The zero-order chi connectivity index (χ0) is 15.0. The van der Waals surface area contributed by atoms with Gasteiger partial charge in [-0.1, -0.05) is 12.1 Å². The predicted molar refractivity (Wildman–Crippen MR) is 65.6 cm³/mol. The molecule has 0 saturated carbocycles. The van der Waals surface area contributed by atoms with Gasteiger partial charge in [0.2, 0.25) is 5.78 Å². The number of ketones is 1. The fraction of sp³-hybridized carbons (Fsp3) is 0.133. The third-order valence-corrected chi connectivity index (χ3v) is 3.03. The van der Waals surface area contributed by atoms with Gasteiger partial charge in [0.25, 0.3) is 0 Å². The number of hydrogen-bond donors (Lipinski definition) is 0. The van der Waals surface area contributed by atoms with Crippen molar-refractivity contribution < 1.29 is 22.4 Å². The Morgan fingerprint density at radius 1 is 0.800 bits per heavy atom. The summed E-state index contributed by atoms with van der Waals surface area (Å²) < 4.78 is 54.6. The molecule has 20 heavy (non-hydrogen) atoms. The van der Waals surface area contributed by atoms with Crippen LogP contribution in [0.2, 0.25) is 0 Å². The van der Waals surface area contributed by atoms with Crippen LogP contribution in [0.3, 0.4) is 0 Å². The third kappa shape index (κ3) is 2.19. The zero-order valence-corrected chi connectivity index (χ0v) is 10.7. The zero-order valence-electron chi connectivity index (χ0n) is 10.7. The molecule has 0 aromatic heterocycles. The SMILES string of the molecule is Cc1ccc(C(=O)c2c(F)ccc(C)c2F)c(F)c1F. The normalized spacial score (nSPS) is 10.7. The maximum absolute atomic E-state index is 13.8. The van der Waals surface area contributed by atoms with Gasteiger partial charge in [-0.15, -0.1) is 0 Å². The Balaban J connectivity index is 2.64. The summed E-state index contributed by atoms with van der Waals surface area (Å²) in [4.78, 5) is 12.0. The first-order valence-corrected chi connectivity index (χ1v) is 5.78. The Bertz CT molecular complexity index is 708. The van der Waals surface area contributed by atoms with Gasteiger partial charge < -0.3 is 0 Å². The van der Waals surface area contributed by atoms with Crippen molar-refractivity contribution in [2.75, 3.05) is 0 Å². The minimum atomic E-state index is -1.41. The number of halogens is 4. The highest BCUT2D eigenvalue weighted by Gasteiger charge is 2.24. The molecule has 5 heteroatoms. The topological polar surface area (TPSA) is 17.1 Å². The molecule has 2 rings (SSSR count). The molecule has 0 bridgehead atoms. The fourth-order valence-electron chi connectivity index (χ4n) is 1.82.